The maximum Gasteiger partial charge on any atom is 0.253 e. The Balaban J connectivity index is 0.00000120. The molecule has 0 amide bonds. The van der Waals surface area contributed by atoms with Crippen LogP contribution >= 0.6 is 0 Å². The van der Waals surface area contributed by atoms with E-state index >= 15 is 0 Å². The fraction of sp³-hybridized carbons (Fsp3) is 0.133. The number of ether oxygens (including phenoxy) is 1. The lowest BCUT2D eigenvalue weighted by Gasteiger charge is -2.03. The summed E-state index contributed by atoms with van der Waals surface area (Å²) in [4.78, 5) is 0. The van der Waals surface area contributed by atoms with Gasteiger partial charge in [-0.25, -0.2) is 0 Å². The number of hydrogen-bond acceptors (Lipinski definition) is 1. The average molecular weight is 260 g/mol. The Hall–Kier alpha value is -1.80. The SMILES string of the molecule is CCOc1ccc[n+]2cc3ccccc3cc12.[Cl-]. The Morgan fingerprint density at radius 2 is 1.83 bits per heavy atom. The molecular weight excluding hydrogens is 246 g/mol. The molecule has 0 radical (unpaired) electrons. The molecule has 0 unspecified atom stereocenters. The van der Waals surface area contributed by atoms with E-state index in [0.717, 1.165) is 11.3 Å². The van der Waals surface area contributed by atoms with E-state index in [1.54, 1.807) is 0 Å². The minimum atomic E-state index is 0. The second-order valence-electron chi connectivity index (χ2n) is 4.00. The molecule has 0 saturated heterocycles. The van der Waals surface area contributed by atoms with Crippen LogP contribution in [0.5, 0.6) is 5.75 Å². The van der Waals surface area contributed by atoms with Crippen LogP contribution in [-0.4, -0.2) is 6.61 Å². The molecule has 0 N–H and O–H groups in total. The minimum Gasteiger partial charge on any atom is -1.00 e. The summed E-state index contributed by atoms with van der Waals surface area (Å²) in [5.74, 6) is 0.931. The topological polar surface area (TPSA) is 13.3 Å². The van der Waals surface area contributed by atoms with Crippen molar-refractivity contribution in [2.75, 3.05) is 6.61 Å². The predicted octanol–water partition coefficient (Wildman–Crippen LogP) is -0.0188. The molecule has 3 heteroatoms. The lowest BCUT2D eigenvalue weighted by atomic mass is 10.1. The van der Waals surface area contributed by atoms with E-state index in [4.69, 9.17) is 4.74 Å². The van der Waals surface area contributed by atoms with E-state index in [2.05, 4.69) is 40.9 Å². The van der Waals surface area contributed by atoms with Crippen molar-refractivity contribution in [1.82, 2.24) is 0 Å². The van der Waals surface area contributed by atoms with Crippen molar-refractivity contribution in [2.45, 2.75) is 6.92 Å². The van der Waals surface area contributed by atoms with Crippen LogP contribution in [0.4, 0.5) is 0 Å². The van der Waals surface area contributed by atoms with Gasteiger partial charge in [0.25, 0.3) is 5.52 Å². The first-order chi connectivity index (χ1) is 8.38. The molecule has 1 aromatic carbocycles. The molecule has 18 heavy (non-hydrogen) atoms. The van der Waals surface area contributed by atoms with E-state index in [1.165, 1.54) is 10.8 Å². The van der Waals surface area contributed by atoms with Gasteiger partial charge in [-0.3, -0.25) is 0 Å². The van der Waals surface area contributed by atoms with Crippen molar-refractivity contribution in [3.63, 3.8) is 0 Å². The number of hydrogen-bond donors (Lipinski definition) is 0. The third kappa shape index (κ3) is 2.12. The zero-order valence-electron chi connectivity index (χ0n) is 10.1. The van der Waals surface area contributed by atoms with E-state index in [1.807, 2.05) is 25.3 Å². The molecule has 0 spiro atoms. The highest BCUT2D eigenvalue weighted by molar-refractivity contribution is 5.84. The molecule has 0 aliphatic rings. The van der Waals surface area contributed by atoms with Crippen LogP contribution in [0.2, 0.25) is 0 Å². The third-order valence-electron chi connectivity index (χ3n) is 2.89. The lowest BCUT2D eigenvalue weighted by molar-refractivity contribution is -0.510. The van der Waals surface area contributed by atoms with Gasteiger partial charge in [-0.05, 0) is 24.4 Å². The number of benzene rings is 1. The van der Waals surface area contributed by atoms with Crippen LogP contribution in [0.15, 0.2) is 54.9 Å². The fourth-order valence-electron chi connectivity index (χ4n) is 2.11. The van der Waals surface area contributed by atoms with Gasteiger partial charge in [0.15, 0.2) is 18.1 Å². The van der Waals surface area contributed by atoms with E-state index in [9.17, 15) is 0 Å². The summed E-state index contributed by atoms with van der Waals surface area (Å²) in [6.07, 6.45) is 4.18. The molecule has 0 aliphatic carbocycles. The summed E-state index contributed by atoms with van der Waals surface area (Å²) in [5.41, 5.74) is 1.10. The Labute approximate surface area is 112 Å². The van der Waals surface area contributed by atoms with Crippen molar-refractivity contribution in [1.29, 1.82) is 0 Å². The molecule has 3 aromatic rings. The smallest absolute Gasteiger partial charge is 0.253 e. The lowest BCUT2D eigenvalue weighted by Crippen LogP contribution is -3.00. The highest BCUT2D eigenvalue weighted by atomic mass is 35.5. The molecule has 3 rings (SSSR count). The number of halogens is 1. The van der Waals surface area contributed by atoms with Gasteiger partial charge in [-0.15, -0.1) is 0 Å². The molecular formula is C15H14ClNO. The van der Waals surface area contributed by atoms with Gasteiger partial charge in [-0.1, -0.05) is 18.2 Å². The van der Waals surface area contributed by atoms with E-state index < -0.39 is 0 Å². The van der Waals surface area contributed by atoms with Crippen LogP contribution in [0.25, 0.3) is 16.3 Å². The molecule has 0 bridgehead atoms. The summed E-state index contributed by atoms with van der Waals surface area (Å²) < 4.78 is 7.75. The maximum absolute atomic E-state index is 5.65. The first kappa shape index (κ1) is 12.7. The first-order valence-electron chi connectivity index (χ1n) is 5.84. The van der Waals surface area contributed by atoms with Crippen LogP contribution in [0.3, 0.4) is 0 Å². The van der Waals surface area contributed by atoms with Crippen molar-refractivity contribution in [3.8, 4) is 5.75 Å². The number of nitrogens with zero attached hydrogens (tertiary/aromatic N) is 1. The van der Waals surface area contributed by atoms with Gasteiger partial charge in [-0.2, -0.15) is 4.40 Å². The summed E-state index contributed by atoms with van der Waals surface area (Å²) >= 11 is 0. The molecule has 92 valence electrons. The van der Waals surface area contributed by atoms with Gasteiger partial charge >= 0.3 is 0 Å². The number of rotatable bonds is 2. The van der Waals surface area contributed by atoms with Crippen molar-refractivity contribution in [3.05, 3.63) is 54.9 Å². The van der Waals surface area contributed by atoms with Crippen LogP contribution < -0.4 is 21.5 Å². The van der Waals surface area contributed by atoms with Crippen LogP contribution in [0, 0.1) is 0 Å². The largest absolute Gasteiger partial charge is 1.00 e. The third-order valence-corrected chi connectivity index (χ3v) is 2.89. The molecule has 0 fully saturated rings. The average Bonchev–Trinajstić information content (AvgIpc) is 2.37. The van der Waals surface area contributed by atoms with Gasteiger partial charge < -0.3 is 17.1 Å². The molecule has 2 aromatic heterocycles. The Morgan fingerprint density at radius 1 is 1.06 bits per heavy atom. The van der Waals surface area contributed by atoms with E-state index in [-0.39, 0.29) is 12.4 Å². The summed E-state index contributed by atoms with van der Waals surface area (Å²) in [6.45, 7) is 2.69. The molecule has 0 aliphatic heterocycles. The Morgan fingerprint density at radius 3 is 2.61 bits per heavy atom. The Bertz CT molecular complexity index is 681. The van der Waals surface area contributed by atoms with Crippen molar-refractivity contribution < 1.29 is 21.5 Å². The second-order valence-corrected chi connectivity index (χ2v) is 4.00. The number of fused-ring (bicyclic) bond motifs is 2. The molecule has 0 saturated carbocycles. The summed E-state index contributed by atoms with van der Waals surface area (Å²) in [7, 11) is 0. The van der Waals surface area contributed by atoms with Gasteiger partial charge in [0.05, 0.1) is 6.61 Å². The quantitative estimate of drug-likeness (QED) is 0.466. The molecule has 0 atom stereocenters. The number of aromatic nitrogens is 1. The molecule has 2 nitrogen and oxygen atoms in total. The zero-order chi connectivity index (χ0) is 11.7. The summed E-state index contributed by atoms with van der Waals surface area (Å²) in [6, 6.07) is 14.5. The van der Waals surface area contributed by atoms with E-state index in [0.29, 0.717) is 6.61 Å². The first-order valence-corrected chi connectivity index (χ1v) is 5.84. The van der Waals surface area contributed by atoms with Gasteiger partial charge in [0, 0.05) is 17.5 Å². The highest BCUT2D eigenvalue weighted by Crippen LogP contribution is 2.20. The molecule has 2 heterocycles. The summed E-state index contributed by atoms with van der Waals surface area (Å²) in [5, 5.41) is 2.47. The predicted molar refractivity (Wildman–Crippen MR) is 68.3 cm³/mol. The van der Waals surface area contributed by atoms with Crippen LogP contribution in [-0.2, 0) is 0 Å². The fourth-order valence-corrected chi connectivity index (χ4v) is 2.11. The Kier molecular flexibility index (Phi) is 3.68. The monoisotopic (exact) mass is 259 g/mol. The second kappa shape index (κ2) is 5.23. The van der Waals surface area contributed by atoms with Crippen molar-refractivity contribution in [2.24, 2.45) is 0 Å². The van der Waals surface area contributed by atoms with Crippen molar-refractivity contribution >= 4 is 16.3 Å². The standard InChI is InChI=1S/C15H14NO.ClH/c1-2-17-15-8-5-9-16-11-13-7-4-3-6-12(13)10-14(15)16;/h3-11H,2H2,1H3;1H/q+1;/p-1. The van der Waals surface area contributed by atoms with Gasteiger partial charge in [0.2, 0.25) is 0 Å². The normalized spacial score (nSPS) is 10.3. The maximum atomic E-state index is 5.65. The highest BCUT2D eigenvalue weighted by Gasteiger charge is 2.10. The zero-order valence-corrected chi connectivity index (χ0v) is 10.9. The van der Waals surface area contributed by atoms with Gasteiger partial charge in [0.1, 0.15) is 0 Å². The minimum absolute atomic E-state index is 0. The number of pyridine rings is 2. The van der Waals surface area contributed by atoms with Crippen LogP contribution in [0.1, 0.15) is 6.92 Å².